The van der Waals surface area contributed by atoms with Crippen LogP contribution in [0.2, 0.25) is 0 Å². The summed E-state index contributed by atoms with van der Waals surface area (Å²) < 4.78 is 47.1. The molecule has 32 heavy (non-hydrogen) atoms. The van der Waals surface area contributed by atoms with Crippen LogP contribution in [0.1, 0.15) is 34.6 Å². The molecule has 2 aliphatic rings. The van der Waals surface area contributed by atoms with Crippen LogP contribution >= 0.6 is 0 Å². The lowest BCUT2D eigenvalue weighted by molar-refractivity contribution is -0.137. The zero-order valence-electron chi connectivity index (χ0n) is 17.8. The Balaban J connectivity index is 1.55. The molecule has 2 fully saturated rings. The molecule has 1 aromatic carbocycles. The highest BCUT2D eigenvalue weighted by atomic mass is 19.4. The van der Waals surface area contributed by atoms with Crippen molar-refractivity contribution in [2.24, 2.45) is 0 Å². The van der Waals surface area contributed by atoms with Crippen LogP contribution in [0.5, 0.6) is 0 Å². The topological polar surface area (TPSA) is 67.7 Å². The van der Waals surface area contributed by atoms with E-state index in [2.05, 4.69) is 10.00 Å². The fourth-order valence-electron chi connectivity index (χ4n) is 4.20. The van der Waals surface area contributed by atoms with Gasteiger partial charge in [0, 0.05) is 51.1 Å². The second kappa shape index (κ2) is 9.03. The molecular formula is C22H25F3N4O3. The first-order valence-corrected chi connectivity index (χ1v) is 10.6. The zero-order valence-corrected chi connectivity index (χ0v) is 17.8. The Kier molecular flexibility index (Phi) is 6.34. The summed E-state index contributed by atoms with van der Waals surface area (Å²) in [6, 6.07) is 6.11. The average Bonchev–Trinajstić information content (AvgIpc) is 3.26. The highest BCUT2D eigenvalue weighted by Gasteiger charge is 2.34. The summed E-state index contributed by atoms with van der Waals surface area (Å²) in [5.41, 5.74) is -1.88. The molecule has 172 valence electrons. The molecule has 0 bridgehead atoms. The van der Waals surface area contributed by atoms with E-state index in [1.165, 1.54) is 30.0 Å². The van der Waals surface area contributed by atoms with E-state index in [9.17, 15) is 22.8 Å². The van der Waals surface area contributed by atoms with Gasteiger partial charge in [0.15, 0.2) is 5.69 Å². The number of aromatic nitrogens is 2. The van der Waals surface area contributed by atoms with Crippen molar-refractivity contribution >= 4 is 5.91 Å². The molecule has 2 aromatic rings. The second-order valence-corrected chi connectivity index (χ2v) is 8.15. The van der Waals surface area contributed by atoms with Crippen molar-refractivity contribution in [3.8, 4) is 5.69 Å². The molecule has 1 aromatic heterocycles. The minimum Gasteiger partial charge on any atom is -0.377 e. The number of hydrogen-bond donors (Lipinski definition) is 0. The lowest BCUT2D eigenvalue weighted by atomic mass is 10.1. The van der Waals surface area contributed by atoms with Gasteiger partial charge in [0.1, 0.15) is 0 Å². The largest absolute Gasteiger partial charge is 0.418 e. The Morgan fingerprint density at radius 2 is 1.91 bits per heavy atom. The number of carbonyl (C=O) groups excluding carboxylic acids is 1. The van der Waals surface area contributed by atoms with Gasteiger partial charge in [-0.3, -0.25) is 14.5 Å². The molecule has 0 radical (unpaired) electrons. The molecule has 0 N–H and O–H groups in total. The summed E-state index contributed by atoms with van der Waals surface area (Å²) in [7, 11) is 0. The third kappa shape index (κ3) is 4.71. The number of para-hydroxylation sites is 1. The van der Waals surface area contributed by atoms with Crippen LogP contribution in [0, 0.1) is 6.92 Å². The number of alkyl halides is 3. The van der Waals surface area contributed by atoms with Gasteiger partial charge in [-0.1, -0.05) is 12.1 Å². The summed E-state index contributed by atoms with van der Waals surface area (Å²) in [5.74, 6) is -0.565. The third-order valence-corrected chi connectivity index (χ3v) is 5.89. The number of amides is 1. The smallest absolute Gasteiger partial charge is 0.377 e. The maximum absolute atomic E-state index is 13.5. The molecule has 1 unspecified atom stereocenters. The first-order chi connectivity index (χ1) is 15.2. The van der Waals surface area contributed by atoms with E-state index in [0.29, 0.717) is 26.2 Å². The van der Waals surface area contributed by atoms with Crippen LogP contribution in [-0.4, -0.2) is 70.9 Å². The summed E-state index contributed by atoms with van der Waals surface area (Å²) in [6.07, 6.45) is -2.29. The number of nitrogens with zero attached hydrogens (tertiary/aromatic N) is 4. The molecule has 7 nitrogen and oxygen atoms in total. The first-order valence-electron chi connectivity index (χ1n) is 10.6. The van der Waals surface area contributed by atoms with E-state index < -0.39 is 23.1 Å². The Labute approximate surface area is 183 Å². The average molecular weight is 450 g/mol. The van der Waals surface area contributed by atoms with Crippen LogP contribution in [0.25, 0.3) is 5.69 Å². The van der Waals surface area contributed by atoms with Crippen molar-refractivity contribution in [3.05, 3.63) is 57.5 Å². The Morgan fingerprint density at radius 3 is 2.56 bits per heavy atom. The fraction of sp³-hybridized carbons (Fsp3) is 0.500. The maximum atomic E-state index is 13.5. The van der Waals surface area contributed by atoms with E-state index in [0.717, 1.165) is 42.8 Å². The summed E-state index contributed by atoms with van der Waals surface area (Å²) in [5, 5.41) is 4.07. The van der Waals surface area contributed by atoms with Gasteiger partial charge in [-0.25, -0.2) is 4.68 Å². The number of carbonyl (C=O) groups is 1. The summed E-state index contributed by atoms with van der Waals surface area (Å²) in [6.45, 7) is 5.20. The van der Waals surface area contributed by atoms with E-state index in [1.807, 2.05) is 0 Å². The second-order valence-electron chi connectivity index (χ2n) is 8.15. The maximum Gasteiger partial charge on any atom is 0.418 e. The quantitative estimate of drug-likeness (QED) is 0.716. The number of piperazine rings is 1. The fourth-order valence-corrected chi connectivity index (χ4v) is 4.20. The molecule has 3 heterocycles. The van der Waals surface area contributed by atoms with Gasteiger partial charge in [-0.05, 0) is 31.9 Å². The molecule has 0 spiro atoms. The van der Waals surface area contributed by atoms with Crippen LogP contribution < -0.4 is 5.43 Å². The number of ether oxygens (including phenoxy) is 1. The summed E-state index contributed by atoms with van der Waals surface area (Å²) in [4.78, 5) is 29.3. The van der Waals surface area contributed by atoms with Crippen molar-refractivity contribution in [1.82, 2.24) is 19.6 Å². The van der Waals surface area contributed by atoms with Crippen LogP contribution in [-0.2, 0) is 10.9 Å². The standard InChI is InChI=1S/C22H25F3N4O3/c1-15-13-19(30)20(26-29(15)18-7-3-2-6-17(18)22(23,24)25)21(31)28-10-8-27(9-11-28)14-16-5-4-12-32-16/h2-3,6-7,13,16H,4-5,8-12,14H2,1H3. The number of halogens is 3. The van der Waals surface area contributed by atoms with Crippen LogP contribution in [0.4, 0.5) is 13.2 Å². The number of benzene rings is 1. The van der Waals surface area contributed by atoms with Crippen molar-refractivity contribution in [3.63, 3.8) is 0 Å². The third-order valence-electron chi connectivity index (χ3n) is 5.89. The molecule has 0 saturated carbocycles. The van der Waals surface area contributed by atoms with Crippen molar-refractivity contribution in [2.75, 3.05) is 39.3 Å². The normalized spacial score (nSPS) is 20.0. The zero-order chi connectivity index (χ0) is 22.9. The van der Waals surface area contributed by atoms with Gasteiger partial charge in [-0.15, -0.1) is 0 Å². The number of rotatable bonds is 4. The molecule has 2 aliphatic heterocycles. The van der Waals surface area contributed by atoms with Crippen molar-refractivity contribution in [1.29, 1.82) is 0 Å². The first kappa shape index (κ1) is 22.5. The molecular weight excluding hydrogens is 425 g/mol. The van der Waals surface area contributed by atoms with E-state index in [4.69, 9.17) is 4.74 Å². The van der Waals surface area contributed by atoms with Crippen LogP contribution in [0.15, 0.2) is 35.1 Å². The predicted octanol–water partition coefficient (Wildman–Crippen LogP) is 2.50. The van der Waals surface area contributed by atoms with Gasteiger partial charge in [0.25, 0.3) is 5.91 Å². The molecule has 10 heteroatoms. The van der Waals surface area contributed by atoms with Crippen molar-refractivity contribution < 1.29 is 22.7 Å². The Morgan fingerprint density at radius 1 is 1.19 bits per heavy atom. The number of hydrogen-bond acceptors (Lipinski definition) is 5. The minimum atomic E-state index is -4.60. The highest BCUT2D eigenvalue weighted by molar-refractivity contribution is 5.92. The van der Waals surface area contributed by atoms with Gasteiger partial charge >= 0.3 is 6.18 Å². The molecule has 1 atom stereocenters. The van der Waals surface area contributed by atoms with Crippen molar-refractivity contribution in [2.45, 2.75) is 32.0 Å². The SMILES string of the molecule is Cc1cc(=O)c(C(=O)N2CCN(CC3CCCO3)CC2)nn1-c1ccccc1C(F)(F)F. The predicted molar refractivity (Wildman–Crippen MR) is 111 cm³/mol. The lowest BCUT2D eigenvalue weighted by Gasteiger charge is -2.35. The molecule has 0 aliphatic carbocycles. The Hall–Kier alpha value is -2.72. The molecule has 1 amide bonds. The minimum absolute atomic E-state index is 0.213. The number of aryl methyl sites for hydroxylation is 1. The van der Waals surface area contributed by atoms with E-state index in [1.54, 1.807) is 0 Å². The van der Waals surface area contributed by atoms with E-state index >= 15 is 0 Å². The van der Waals surface area contributed by atoms with E-state index in [-0.39, 0.29) is 23.2 Å². The monoisotopic (exact) mass is 450 g/mol. The van der Waals surface area contributed by atoms with Crippen LogP contribution in [0.3, 0.4) is 0 Å². The van der Waals surface area contributed by atoms with Gasteiger partial charge in [0.2, 0.25) is 5.43 Å². The highest BCUT2D eigenvalue weighted by Crippen LogP contribution is 2.33. The molecule has 4 rings (SSSR count). The van der Waals surface area contributed by atoms with Gasteiger partial charge in [-0.2, -0.15) is 18.3 Å². The van der Waals surface area contributed by atoms with Gasteiger partial charge in [0.05, 0.1) is 17.4 Å². The summed E-state index contributed by atoms with van der Waals surface area (Å²) >= 11 is 0. The lowest BCUT2D eigenvalue weighted by Crippen LogP contribution is -2.51. The van der Waals surface area contributed by atoms with Gasteiger partial charge < -0.3 is 9.64 Å². The molecule has 2 saturated heterocycles. The Bertz CT molecular complexity index is 1040.